The average molecular weight is 222 g/mol. The van der Waals surface area contributed by atoms with Gasteiger partial charge in [-0.15, -0.1) is 0 Å². The van der Waals surface area contributed by atoms with Crippen LogP contribution in [0.25, 0.3) is 0 Å². The standard InChI is InChI=1S/C12H14O4/c1-4-16-12(14)11-9(7-13)5-8(2)6-10(11)15-3/h5-7H,4H2,1-3H3. The first-order valence-electron chi connectivity index (χ1n) is 4.95. The van der Waals surface area contributed by atoms with Crippen LogP contribution in [0.2, 0.25) is 0 Å². The second-order valence-electron chi connectivity index (χ2n) is 3.27. The quantitative estimate of drug-likeness (QED) is 0.577. The van der Waals surface area contributed by atoms with E-state index in [9.17, 15) is 9.59 Å². The summed E-state index contributed by atoms with van der Waals surface area (Å²) in [4.78, 5) is 22.5. The Balaban J connectivity index is 3.32. The number of methoxy groups -OCH3 is 1. The third kappa shape index (κ3) is 2.39. The fourth-order valence-electron chi connectivity index (χ4n) is 1.46. The van der Waals surface area contributed by atoms with E-state index in [0.717, 1.165) is 5.56 Å². The summed E-state index contributed by atoms with van der Waals surface area (Å²) in [5, 5.41) is 0. The Kier molecular flexibility index (Phi) is 4.05. The van der Waals surface area contributed by atoms with Crippen molar-refractivity contribution >= 4 is 12.3 Å². The van der Waals surface area contributed by atoms with Crippen LogP contribution in [0, 0.1) is 6.92 Å². The van der Waals surface area contributed by atoms with Gasteiger partial charge >= 0.3 is 5.97 Å². The molecule has 0 amide bonds. The Morgan fingerprint density at radius 1 is 1.44 bits per heavy atom. The van der Waals surface area contributed by atoms with Crippen LogP contribution < -0.4 is 4.74 Å². The number of ether oxygens (including phenoxy) is 2. The van der Waals surface area contributed by atoms with Crippen LogP contribution >= 0.6 is 0 Å². The summed E-state index contributed by atoms with van der Waals surface area (Å²) in [6.45, 7) is 3.79. The van der Waals surface area contributed by atoms with Crippen molar-refractivity contribution in [2.45, 2.75) is 13.8 Å². The highest BCUT2D eigenvalue weighted by molar-refractivity contribution is 6.01. The van der Waals surface area contributed by atoms with Crippen molar-refractivity contribution < 1.29 is 19.1 Å². The Bertz CT molecular complexity index is 410. The fourth-order valence-corrected chi connectivity index (χ4v) is 1.46. The number of carbonyl (C=O) groups is 2. The summed E-state index contributed by atoms with van der Waals surface area (Å²) < 4.78 is 9.95. The van der Waals surface area contributed by atoms with Gasteiger partial charge in [-0.05, 0) is 31.5 Å². The van der Waals surface area contributed by atoms with Crippen LogP contribution in [0.5, 0.6) is 5.75 Å². The lowest BCUT2D eigenvalue weighted by molar-refractivity contribution is 0.0520. The van der Waals surface area contributed by atoms with Crippen molar-refractivity contribution in [3.05, 3.63) is 28.8 Å². The van der Waals surface area contributed by atoms with E-state index in [1.807, 2.05) is 6.92 Å². The van der Waals surface area contributed by atoms with Crippen LogP contribution in [0.4, 0.5) is 0 Å². The van der Waals surface area contributed by atoms with E-state index >= 15 is 0 Å². The molecule has 0 N–H and O–H groups in total. The minimum Gasteiger partial charge on any atom is -0.496 e. The minimum absolute atomic E-state index is 0.185. The molecule has 0 saturated carbocycles. The van der Waals surface area contributed by atoms with Gasteiger partial charge in [0.1, 0.15) is 11.3 Å². The van der Waals surface area contributed by atoms with Crippen LogP contribution in [-0.2, 0) is 4.74 Å². The van der Waals surface area contributed by atoms with Gasteiger partial charge in [-0.2, -0.15) is 0 Å². The van der Waals surface area contributed by atoms with Crippen LogP contribution in [0.3, 0.4) is 0 Å². The van der Waals surface area contributed by atoms with Gasteiger partial charge in [0.05, 0.1) is 13.7 Å². The monoisotopic (exact) mass is 222 g/mol. The Morgan fingerprint density at radius 2 is 2.12 bits per heavy atom. The maximum Gasteiger partial charge on any atom is 0.342 e. The molecule has 0 spiro atoms. The molecule has 0 bridgehead atoms. The third-order valence-corrected chi connectivity index (χ3v) is 2.10. The number of esters is 1. The Morgan fingerprint density at radius 3 is 2.62 bits per heavy atom. The molecule has 4 nitrogen and oxygen atoms in total. The van der Waals surface area contributed by atoms with E-state index < -0.39 is 5.97 Å². The first kappa shape index (κ1) is 12.2. The number of aldehydes is 1. The molecule has 1 rings (SSSR count). The summed E-state index contributed by atoms with van der Waals surface area (Å²) >= 11 is 0. The molecule has 0 aliphatic carbocycles. The topological polar surface area (TPSA) is 52.6 Å². The van der Waals surface area contributed by atoms with Crippen molar-refractivity contribution in [2.75, 3.05) is 13.7 Å². The highest BCUT2D eigenvalue weighted by Crippen LogP contribution is 2.24. The van der Waals surface area contributed by atoms with Gasteiger partial charge in [-0.1, -0.05) is 0 Å². The fraction of sp³-hybridized carbons (Fsp3) is 0.333. The zero-order chi connectivity index (χ0) is 12.1. The molecule has 0 unspecified atom stereocenters. The van der Waals surface area contributed by atoms with Crippen molar-refractivity contribution in [2.24, 2.45) is 0 Å². The Hall–Kier alpha value is -1.84. The van der Waals surface area contributed by atoms with Crippen molar-refractivity contribution in [1.82, 2.24) is 0 Å². The molecule has 0 atom stereocenters. The minimum atomic E-state index is -0.540. The lowest BCUT2D eigenvalue weighted by atomic mass is 10.0. The number of benzene rings is 1. The smallest absolute Gasteiger partial charge is 0.342 e. The summed E-state index contributed by atoms with van der Waals surface area (Å²) in [6.07, 6.45) is 0.627. The molecule has 0 fully saturated rings. The van der Waals surface area contributed by atoms with E-state index in [1.54, 1.807) is 19.1 Å². The van der Waals surface area contributed by atoms with E-state index in [-0.39, 0.29) is 17.7 Å². The predicted molar refractivity (Wildman–Crippen MR) is 59.1 cm³/mol. The zero-order valence-corrected chi connectivity index (χ0v) is 9.57. The predicted octanol–water partition coefficient (Wildman–Crippen LogP) is 1.99. The van der Waals surface area contributed by atoms with Crippen molar-refractivity contribution in [3.63, 3.8) is 0 Å². The van der Waals surface area contributed by atoms with Crippen LogP contribution in [0.1, 0.15) is 33.2 Å². The first-order chi connectivity index (χ1) is 7.63. The van der Waals surface area contributed by atoms with Gasteiger partial charge in [0.2, 0.25) is 0 Å². The second-order valence-corrected chi connectivity index (χ2v) is 3.27. The molecule has 4 heteroatoms. The largest absolute Gasteiger partial charge is 0.496 e. The van der Waals surface area contributed by atoms with Gasteiger partial charge in [0.25, 0.3) is 0 Å². The molecule has 16 heavy (non-hydrogen) atoms. The van der Waals surface area contributed by atoms with Gasteiger partial charge in [0.15, 0.2) is 6.29 Å². The molecule has 0 saturated heterocycles. The van der Waals surface area contributed by atoms with E-state index in [2.05, 4.69) is 0 Å². The maximum absolute atomic E-state index is 11.7. The molecule has 1 aromatic carbocycles. The van der Waals surface area contributed by atoms with Crippen molar-refractivity contribution in [1.29, 1.82) is 0 Å². The summed E-state index contributed by atoms with van der Waals surface area (Å²) in [6, 6.07) is 3.32. The highest BCUT2D eigenvalue weighted by Gasteiger charge is 2.18. The third-order valence-electron chi connectivity index (χ3n) is 2.10. The normalized spacial score (nSPS) is 9.69. The highest BCUT2D eigenvalue weighted by atomic mass is 16.5. The molecule has 1 aromatic rings. The molecule has 0 aliphatic heterocycles. The molecule has 0 aliphatic rings. The van der Waals surface area contributed by atoms with Crippen LogP contribution in [-0.4, -0.2) is 26.0 Å². The summed E-state index contributed by atoms with van der Waals surface area (Å²) in [5.74, 6) is -0.179. The molecule has 0 radical (unpaired) electrons. The lowest BCUT2D eigenvalue weighted by Gasteiger charge is -2.10. The zero-order valence-electron chi connectivity index (χ0n) is 9.57. The molecule has 0 aromatic heterocycles. The second kappa shape index (κ2) is 5.30. The number of hydrogen-bond acceptors (Lipinski definition) is 4. The van der Waals surface area contributed by atoms with Crippen molar-refractivity contribution in [3.8, 4) is 5.75 Å². The first-order valence-corrected chi connectivity index (χ1v) is 4.95. The molecule has 86 valence electrons. The molecular formula is C12H14O4. The average Bonchev–Trinajstić information content (AvgIpc) is 2.27. The van der Waals surface area contributed by atoms with E-state index in [4.69, 9.17) is 9.47 Å². The molecule has 0 heterocycles. The number of carbonyl (C=O) groups excluding carboxylic acids is 2. The maximum atomic E-state index is 11.7. The lowest BCUT2D eigenvalue weighted by Crippen LogP contribution is -2.10. The van der Waals surface area contributed by atoms with E-state index in [1.165, 1.54) is 7.11 Å². The van der Waals surface area contributed by atoms with E-state index in [0.29, 0.717) is 12.0 Å². The summed E-state index contributed by atoms with van der Waals surface area (Å²) in [5.41, 5.74) is 1.33. The van der Waals surface area contributed by atoms with Crippen LogP contribution in [0.15, 0.2) is 12.1 Å². The molecular weight excluding hydrogens is 208 g/mol. The summed E-state index contributed by atoms with van der Waals surface area (Å²) in [7, 11) is 1.45. The Labute approximate surface area is 94.2 Å². The number of aryl methyl sites for hydroxylation is 1. The van der Waals surface area contributed by atoms with Gasteiger partial charge in [-0.25, -0.2) is 4.79 Å². The number of rotatable bonds is 4. The van der Waals surface area contributed by atoms with Gasteiger partial charge in [-0.3, -0.25) is 4.79 Å². The van der Waals surface area contributed by atoms with Gasteiger partial charge in [0, 0.05) is 5.56 Å². The van der Waals surface area contributed by atoms with Gasteiger partial charge < -0.3 is 9.47 Å². The number of hydrogen-bond donors (Lipinski definition) is 0. The SMILES string of the molecule is CCOC(=O)c1c(C=O)cc(C)cc1OC.